The molecular formula is C22H20FN5O2. The third-order valence-corrected chi connectivity index (χ3v) is 4.51. The molecule has 4 aromatic rings. The quantitative estimate of drug-likeness (QED) is 0.472. The Morgan fingerprint density at radius 3 is 2.53 bits per heavy atom. The summed E-state index contributed by atoms with van der Waals surface area (Å²) >= 11 is 0. The van der Waals surface area contributed by atoms with Gasteiger partial charge in [0.2, 0.25) is 0 Å². The molecule has 0 saturated heterocycles. The number of hydrogen-bond donors (Lipinski definition) is 0. The Kier molecular flexibility index (Phi) is 5.56. The molecule has 7 nitrogen and oxygen atoms in total. The number of nitrogens with zero attached hydrogens (tertiary/aromatic N) is 5. The van der Waals surface area contributed by atoms with Gasteiger partial charge in [-0.2, -0.15) is 10.2 Å². The van der Waals surface area contributed by atoms with Crippen molar-refractivity contribution >= 4 is 5.91 Å². The summed E-state index contributed by atoms with van der Waals surface area (Å²) < 4.78 is 21.8. The lowest BCUT2D eigenvalue weighted by molar-refractivity contribution is 0.0777. The third-order valence-electron chi connectivity index (χ3n) is 4.51. The third kappa shape index (κ3) is 4.54. The van der Waals surface area contributed by atoms with Crippen molar-refractivity contribution in [2.24, 2.45) is 0 Å². The molecule has 0 aliphatic carbocycles. The van der Waals surface area contributed by atoms with Gasteiger partial charge in [-0.1, -0.05) is 12.1 Å². The summed E-state index contributed by atoms with van der Waals surface area (Å²) in [7, 11) is 1.73. The highest BCUT2D eigenvalue weighted by Gasteiger charge is 2.15. The number of amides is 1. The largest absolute Gasteiger partial charge is 0.471 e. The van der Waals surface area contributed by atoms with Crippen LogP contribution in [0.3, 0.4) is 0 Å². The number of hydrogen-bond acceptors (Lipinski definition) is 4. The van der Waals surface area contributed by atoms with Gasteiger partial charge in [0, 0.05) is 32.2 Å². The maximum Gasteiger partial charge on any atom is 0.274 e. The van der Waals surface area contributed by atoms with E-state index in [1.165, 1.54) is 28.9 Å². The second-order valence-electron chi connectivity index (χ2n) is 6.75. The van der Waals surface area contributed by atoms with Crippen molar-refractivity contribution in [3.8, 4) is 11.4 Å². The van der Waals surface area contributed by atoms with E-state index in [1.54, 1.807) is 35.1 Å². The van der Waals surface area contributed by atoms with E-state index in [-0.39, 0.29) is 18.5 Å². The zero-order chi connectivity index (χ0) is 20.9. The summed E-state index contributed by atoms with van der Waals surface area (Å²) in [6.45, 7) is 0.578. The topological polar surface area (TPSA) is 65.2 Å². The molecule has 0 saturated carbocycles. The maximum atomic E-state index is 12.9. The van der Waals surface area contributed by atoms with E-state index in [4.69, 9.17) is 4.74 Å². The van der Waals surface area contributed by atoms with Crippen molar-refractivity contribution in [1.29, 1.82) is 0 Å². The number of ether oxygens (including phenoxy) is 1. The van der Waals surface area contributed by atoms with Crippen molar-refractivity contribution in [1.82, 2.24) is 24.5 Å². The molecule has 152 valence electrons. The van der Waals surface area contributed by atoms with Gasteiger partial charge in [0.1, 0.15) is 11.6 Å². The van der Waals surface area contributed by atoms with E-state index < -0.39 is 0 Å². The highest BCUT2D eigenvalue weighted by atomic mass is 19.1. The van der Waals surface area contributed by atoms with Crippen molar-refractivity contribution in [3.05, 3.63) is 96.3 Å². The van der Waals surface area contributed by atoms with Crippen LogP contribution < -0.4 is 4.74 Å². The van der Waals surface area contributed by atoms with Crippen molar-refractivity contribution in [3.63, 3.8) is 0 Å². The van der Waals surface area contributed by atoms with Crippen LogP contribution in [0.1, 0.15) is 16.1 Å². The molecule has 0 radical (unpaired) electrons. The van der Waals surface area contributed by atoms with Crippen LogP contribution >= 0.6 is 0 Å². The van der Waals surface area contributed by atoms with Gasteiger partial charge >= 0.3 is 0 Å². The molecule has 4 rings (SSSR count). The lowest BCUT2D eigenvalue weighted by Crippen LogP contribution is -2.26. The molecule has 0 fully saturated rings. The second-order valence-corrected chi connectivity index (χ2v) is 6.75. The molecule has 8 heteroatoms. The molecule has 0 aliphatic rings. The van der Waals surface area contributed by atoms with Crippen LogP contribution in [-0.2, 0) is 13.3 Å². The first-order valence-electron chi connectivity index (χ1n) is 9.35. The second kappa shape index (κ2) is 8.60. The van der Waals surface area contributed by atoms with Crippen LogP contribution in [0.15, 0.2) is 79.3 Å². The predicted molar refractivity (Wildman–Crippen MR) is 109 cm³/mol. The fourth-order valence-electron chi connectivity index (χ4n) is 2.94. The zero-order valence-corrected chi connectivity index (χ0v) is 16.4. The number of benzene rings is 2. The first-order chi connectivity index (χ1) is 14.6. The molecule has 0 atom stereocenters. The summed E-state index contributed by atoms with van der Waals surface area (Å²) in [5.74, 6) is 0.00974. The molecule has 0 aliphatic heterocycles. The van der Waals surface area contributed by atoms with Crippen LogP contribution in [0.2, 0.25) is 0 Å². The van der Waals surface area contributed by atoms with E-state index in [2.05, 4.69) is 10.2 Å². The standard InChI is InChI=1S/C22H20FN5O2/c1-26(15-17-3-7-19(8-4-17)28-13-2-12-24-28)22(29)21-11-14-27(25-21)16-30-20-9-5-18(23)6-10-20/h2-14H,15-16H2,1H3. The lowest BCUT2D eigenvalue weighted by Gasteiger charge is -2.16. The number of rotatable bonds is 7. The van der Waals surface area contributed by atoms with Gasteiger partial charge in [-0.3, -0.25) is 4.79 Å². The Hall–Kier alpha value is -3.94. The minimum absolute atomic E-state index is 0.123. The maximum absolute atomic E-state index is 12.9. The minimum Gasteiger partial charge on any atom is -0.471 e. The first-order valence-corrected chi connectivity index (χ1v) is 9.35. The summed E-state index contributed by atoms with van der Waals surface area (Å²) in [5, 5.41) is 8.47. The minimum atomic E-state index is -0.326. The monoisotopic (exact) mass is 405 g/mol. The molecule has 0 spiro atoms. The van der Waals surface area contributed by atoms with E-state index in [1.807, 2.05) is 36.5 Å². The summed E-state index contributed by atoms with van der Waals surface area (Å²) in [4.78, 5) is 14.3. The highest BCUT2D eigenvalue weighted by Crippen LogP contribution is 2.13. The van der Waals surface area contributed by atoms with Crippen molar-refractivity contribution < 1.29 is 13.9 Å². The van der Waals surface area contributed by atoms with Crippen LogP contribution in [-0.4, -0.2) is 37.4 Å². The first kappa shape index (κ1) is 19.4. The van der Waals surface area contributed by atoms with Gasteiger partial charge < -0.3 is 9.64 Å². The molecule has 0 bridgehead atoms. The van der Waals surface area contributed by atoms with Gasteiger partial charge in [0.15, 0.2) is 12.4 Å². The van der Waals surface area contributed by atoms with Crippen LogP contribution in [0.4, 0.5) is 4.39 Å². The summed E-state index contributed by atoms with van der Waals surface area (Å²) in [6.07, 6.45) is 5.27. The Labute approximate surface area is 172 Å². The molecule has 30 heavy (non-hydrogen) atoms. The molecule has 2 aromatic heterocycles. The number of carbonyl (C=O) groups is 1. The fraction of sp³-hybridized carbons (Fsp3) is 0.136. The lowest BCUT2D eigenvalue weighted by atomic mass is 10.2. The fourth-order valence-corrected chi connectivity index (χ4v) is 2.94. The van der Waals surface area contributed by atoms with E-state index in [0.717, 1.165) is 11.3 Å². The van der Waals surface area contributed by atoms with E-state index in [0.29, 0.717) is 18.0 Å². The zero-order valence-electron chi connectivity index (χ0n) is 16.4. The Morgan fingerprint density at radius 2 is 1.83 bits per heavy atom. The molecule has 0 N–H and O–H groups in total. The van der Waals surface area contributed by atoms with E-state index in [9.17, 15) is 9.18 Å². The normalized spacial score (nSPS) is 10.7. The van der Waals surface area contributed by atoms with Gasteiger partial charge in [-0.25, -0.2) is 13.8 Å². The van der Waals surface area contributed by atoms with Crippen molar-refractivity contribution in [2.45, 2.75) is 13.3 Å². The van der Waals surface area contributed by atoms with Gasteiger partial charge in [0.05, 0.1) is 5.69 Å². The van der Waals surface area contributed by atoms with Gasteiger partial charge in [-0.05, 0) is 54.1 Å². The Morgan fingerprint density at radius 1 is 1.07 bits per heavy atom. The predicted octanol–water partition coefficient (Wildman–Crippen LogP) is 3.52. The molecule has 2 heterocycles. The highest BCUT2D eigenvalue weighted by molar-refractivity contribution is 5.91. The SMILES string of the molecule is CN(Cc1ccc(-n2cccn2)cc1)C(=O)c1ccn(COc2ccc(F)cc2)n1. The van der Waals surface area contributed by atoms with Crippen LogP contribution in [0, 0.1) is 5.82 Å². The number of halogens is 1. The smallest absolute Gasteiger partial charge is 0.274 e. The average Bonchev–Trinajstić information content (AvgIpc) is 3.46. The Bertz CT molecular complexity index is 1110. The number of carbonyl (C=O) groups excluding carboxylic acids is 1. The van der Waals surface area contributed by atoms with Crippen LogP contribution in [0.25, 0.3) is 5.69 Å². The number of aromatic nitrogens is 4. The van der Waals surface area contributed by atoms with E-state index >= 15 is 0 Å². The van der Waals surface area contributed by atoms with Crippen LogP contribution in [0.5, 0.6) is 5.75 Å². The Balaban J connectivity index is 1.34. The molecule has 1 amide bonds. The summed E-state index contributed by atoms with van der Waals surface area (Å²) in [6, 6.07) is 17.1. The van der Waals surface area contributed by atoms with Gasteiger partial charge in [-0.15, -0.1) is 0 Å². The molecular weight excluding hydrogens is 385 g/mol. The summed E-state index contributed by atoms with van der Waals surface area (Å²) in [5.41, 5.74) is 2.28. The molecule has 2 aromatic carbocycles. The molecule has 0 unspecified atom stereocenters. The van der Waals surface area contributed by atoms with Gasteiger partial charge in [0.25, 0.3) is 5.91 Å². The average molecular weight is 405 g/mol. The van der Waals surface area contributed by atoms with Crippen molar-refractivity contribution in [2.75, 3.05) is 7.05 Å².